The molecule has 5 aromatic rings. The number of nitrogens with zero attached hydrogens (tertiary/aromatic N) is 4. The lowest BCUT2D eigenvalue weighted by Crippen LogP contribution is -2.47. The maximum absolute atomic E-state index is 15.4. The molecule has 5 rings (SSSR count). The van der Waals surface area contributed by atoms with E-state index in [0.29, 0.717) is 5.75 Å². The van der Waals surface area contributed by atoms with Gasteiger partial charge in [0.05, 0.1) is 26.4 Å². The summed E-state index contributed by atoms with van der Waals surface area (Å²) in [7, 11) is -2.61. The number of anilines is 1. The van der Waals surface area contributed by atoms with Crippen molar-refractivity contribution in [3.8, 4) is 17.8 Å². The van der Waals surface area contributed by atoms with Crippen molar-refractivity contribution >= 4 is 36.4 Å². The summed E-state index contributed by atoms with van der Waals surface area (Å²) in [5.41, 5.74) is 7.99. The summed E-state index contributed by atoms with van der Waals surface area (Å²) in [6.07, 6.45) is -1.31. The molecule has 0 saturated heterocycles. The molecule has 310 valence electrons. The number of methoxy groups -OCH3 is 1. The number of para-hydroxylation sites is 1. The van der Waals surface area contributed by atoms with Crippen LogP contribution in [-0.2, 0) is 52.5 Å². The van der Waals surface area contributed by atoms with Crippen molar-refractivity contribution in [1.29, 1.82) is 0 Å². The smallest absolute Gasteiger partial charge is 0.323 e. The first-order valence-corrected chi connectivity index (χ1v) is 20.7. The first kappa shape index (κ1) is 43.5. The van der Waals surface area contributed by atoms with Crippen LogP contribution in [0.4, 0.5) is 5.82 Å². The molecule has 0 aliphatic carbocycles. The second-order valence-electron chi connectivity index (χ2n) is 13.0. The van der Waals surface area contributed by atoms with Crippen molar-refractivity contribution in [3.63, 3.8) is 0 Å². The van der Waals surface area contributed by atoms with E-state index in [1.54, 1.807) is 38.1 Å². The SMILES string of the molecule is CCOC(=O)[C@H](Cc1ccccc1)NP(=O)(CO[C@H](COc1ccccc1)Cn1c(O)nc2c(N)nc(OCCOC)nc21)N[C@@H](Cc1ccccc1)C(=O)OCC. The van der Waals surface area contributed by atoms with Crippen molar-refractivity contribution in [2.75, 3.05) is 52.2 Å². The van der Waals surface area contributed by atoms with Crippen LogP contribution in [-0.4, -0.2) is 101 Å². The zero-order valence-electron chi connectivity index (χ0n) is 32.7. The van der Waals surface area contributed by atoms with Gasteiger partial charge in [-0.05, 0) is 49.9 Å². The number of nitrogen functional groups attached to an aromatic ring is 1. The number of nitrogens with one attached hydrogen (secondary N) is 2. The van der Waals surface area contributed by atoms with Gasteiger partial charge in [-0.2, -0.15) is 15.0 Å². The largest absolute Gasteiger partial charge is 0.491 e. The van der Waals surface area contributed by atoms with Crippen molar-refractivity contribution in [2.24, 2.45) is 0 Å². The molecule has 0 radical (unpaired) electrons. The Labute approximate surface area is 336 Å². The Morgan fingerprint density at radius 3 is 1.88 bits per heavy atom. The Morgan fingerprint density at radius 2 is 1.34 bits per heavy atom. The van der Waals surface area contributed by atoms with Gasteiger partial charge in [0.15, 0.2) is 17.0 Å². The van der Waals surface area contributed by atoms with Gasteiger partial charge in [-0.15, -0.1) is 0 Å². The summed E-state index contributed by atoms with van der Waals surface area (Å²) < 4.78 is 50.7. The third kappa shape index (κ3) is 12.7. The molecule has 17 nitrogen and oxygen atoms in total. The van der Waals surface area contributed by atoms with E-state index in [0.717, 1.165) is 11.1 Å². The number of esters is 2. The molecule has 3 aromatic carbocycles. The van der Waals surface area contributed by atoms with E-state index in [2.05, 4.69) is 25.1 Å². The van der Waals surface area contributed by atoms with Crippen LogP contribution < -0.4 is 25.4 Å². The maximum Gasteiger partial charge on any atom is 0.323 e. The van der Waals surface area contributed by atoms with Crippen LogP contribution in [0.3, 0.4) is 0 Å². The van der Waals surface area contributed by atoms with Crippen LogP contribution in [0.5, 0.6) is 17.8 Å². The number of carbonyl (C=O) groups is 2. The van der Waals surface area contributed by atoms with Gasteiger partial charge in [-0.3, -0.25) is 18.7 Å². The fraction of sp³-hybridized carbons (Fsp3) is 0.375. The van der Waals surface area contributed by atoms with Crippen LogP contribution in [0.25, 0.3) is 11.2 Å². The van der Waals surface area contributed by atoms with Gasteiger partial charge in [0, 0.05) is 7.11 Å². The van der Waals surface area contributed by atoms with Crippen molar-refractivity contribution in [3.05, 3.63) is 102 Å². The summed E-state index contributed by atoms with van der Waals surface area (Å²) in [5.74, 6) is -0.812. The molecule has 0 fully saturated rings. The van der Waals surface area contributed by atoms with Crippen LogP contribution in [0.2, 0.25) is 0 Å². The lowest BCUT2D eigenvalue weighted by atomic mass is 10.1. The highest BCUT2D eigenvalue weighted by atomic mass is 31.2. The molecule has 0 saturated carbocycles. The van der Waals surface area contributed by atoms with E-state index < -0.39 is 49.9 Å². The predicted molar refractivity (Wildman–Crippen MR) is 215 cm³/mol. The van der Waals surface area contributed by atoms with Crippen molar-refractivity contribution in [2.45, 2.75) is 51.4 Å². The Balaban J connectivity index is 1.51. The summed E-state index contributed by atoms with van der Waals surface area (Å²) in [5, 5.41) is 17.1. The number of carbonyl (C=O) groups excluding carboxylic acids is 2. The highest BCUT2D eigenvalue weighted by Gasteiger charge is 2.37. The topological polar surface area (TPSA) is 220 Å². The first-order chi connectivity index (χ1) is 28.1. The number of benzene rings is 3. The van der Waals surface area contributed by atoms with E-state index in [1.165, 1.54) is 11.7 Å². The van der Waals surface area contributed by atoms with E-state index in [1.807, 2.05) is 66.7 Å². The van der Waals surface area contributed by atoms with Crippen molar-refractivity contribution in [1.82, 2.24) is 29.7 Å². The van der Waals surface area contributed by atoms with Crippen LogP contribution in [0, 0.1) is 0 Å². The van der Waals surface area contributed by atoms with Gasteiger partial charge in [0.25, 0.3) is 6.01 Å². The Hall–Kier alpha value is -5.58. The molecule has 18 heteroatoms. The molecule has 5 N–H and O–H groups in total. The molecule has 0 spiro atoms. The minimum Gasteiger partial charge on any atom is -0.491 e. The zero-order chi connectivity index (χ0) is 41.3. The number of ether oxygens (including phenoxy) is 6. The molecule has 2 heterocycles. The standard InChI is InChI=1S/C40H50N7O10P/c1-4-53-37(48)32(23-28-15-9-6-10-16-28)45-58(51,46-33(38(49)54-5-2)24-29-17-11-7-12-18-29)27-57-31(26-56-30-19-13-8-14-20-30)25-47-36-34(42-40(47)50)35(41)43-39(44-36)55-22-21-52-3/h6-20,31-33H,4-5,21-27H2,1-3H3,(H,42,50)(H2,41,43,44)(H2,45,46,51)/t31-,32-,33-/m0/s1. The molecule has 58 heavy (non-hydrogen) atoms. The highest BCUT2D eigenvalue weighted by molar-refractivity contribution is 7.59. The number of hydrogen-bond acceptors (Lipinski definition) is 14. The molecule has 0 bridgehead atoms. The Kier molecular flexibility index (Phi) is 16.4. The van der Waals surface area contributed by atoms with Gasteiger partial charge < -0.3 is 39.3 Å². The summed E-state index contributed by atoms with van der Waals surface area (Å²) in [6.45, 7) is 3.66. The first-order valence-electron chi connectivity index (χ1n) is 18.8. The fourth-order valence-electron chi connectivity index (χ4n) is 5.88. The number of nitrogens with two attached hydrogens (primary N) is 1. The Bertz CT molecular complexity index is 2020. The number of rotatable bonds is 24. The van der Waals surface area contributed by atoms with E-state index in [-0.39, 0.29) is 75.4 Å². The normalized spacial score (nSPS) is 13.1. The molecule has 0 amide bonds. The van der Waals surface area contributed by atoms with Crippen molar-refractivity contribution < 1.29 is 47.7 Å². The summed E-state index contributed by atoms with van der Waals surface area (Å²) >= 11 is 0. The number of aromatic hydroxyl groups is 1. The third-order valence-corrected chi connectivity index (χ3v) is 10.6. The zero-order valence-corrected chi connectivity index (χ0v) is 33.6. The number of aromatic nitrogens is 4. The van der Waals surface area contributed by atoms with E-state index in [9.17, 15) is 14.7 Å². The van der Waals surface area contributed by atoms with Gasteiger partial charge in [0.1, 0.15) is 43.5 Å². The van der Waals surface area contributed by atoms with E-state index in [4.69, 9.17) is 34.2 Å². The molecule has 0 aliphatic rings. The lowest BCUT2D eigenvalue weighted by Gasteiger charge is -2.30. The maximum atomic E-state index is 15.4. The second kappa shape index (κ2) is 21.8. The van der Waals surface area contributed by atoms with Gasteiger partial charge in [-0.25, -0.2) is 10.2 Å². The molecule has 2 aromatic heterocycles. The summed E-state index contributed by atoms with van der Waals surface area (Å²) in [6, 6.07) is 24.5. The lowest BCUT2D eigenvalue weighted by molar-refractivity contribution is -0.145. The van der Waals surface area contributed by atoms with Crippen LogP contribution in [0.15, 0.2) is 91.0 Å². The van der Waals surface area contributed by atoms with E-state index >= 15 is 4.57 Å². The molecule has 0 aliphatic heterocycles. The number of hydrogen-bond donors (Lipinski definition) is 4. The minimum atomic E-state index is -4.14. The van der Waals surface area contributed by atoms with Crippen LogP contribution in [0.1, 0.15) is 25.0 Å². The summed E-state index contributed by atoms with van der Waals surface area (Å²) in [4.78, 5) is 39.7. The number of imidazole rings is 1. The van der Waals surface area contributed by atoms with Gasteiger partial charge in [0.2, 0.25) is 7.44 Å². The highest BCUT2D eigenvalue weighted by Crippen LogP contribution is 2.39. The van der Waals surface area contributed by atoms with Gasteiger partial charge >= 0.3 is 17.9 Å². The molecular formula is C40H50N7O10P. The molecule has 0 unspecified atom stereocenters. The average Bonchev–Trinajstić information content (AvgIpc) is 3.54. The Morgan fingerprint density at radius 1 is 0.793 bits per heavy atom. The number of fused-ring (bicyclic) bond motifs is 1. The van der Waals surface area contributed by atoms with Crippen LogP contribution >= 0.6 is 7.44 Å². The molecule has 3 atom stereocenters. The average molecular weight is 820 g/mol. The minimum absolute atomic E-state index is 0.0331. The second-order valence-corrected chi connectivity index (χ2v) is 15.2. The monoisotopic (exact) mass is 819 g/mol. The molecular weight excluding hydrogens is 769 g/mol. The fourth-order valence-corrected chi connectivity index (χ4v) is 7.92. The predicted octanol–water partition coefficient (Wildman–Crippen LogP) is 4.28. The quantitative estimate of drug-likeness (QED) is 0.0388. The van der Waals surface area contributed by atoms with Gasteiger partial charge in [-0.1, -0.05) is 78.9 Å². The third-order valence-electron chi connectivity index (χ3n) is 8.59.